The Hall–Kier alpha value is -3.77. The lowest BCUT2D eigenvalue weighted by Crippen LogP contribution is -2.49. The van der Waals surface area contributed by atoms with Gasteiger partial charge in [-0.05, 0) is 55.8 Å². The lowest BCUT2D eigenvalue weighted by Gasteiger charge is -2.32. The molecule has 3 heterocycles. The van der Waals surface area contributed by atoms with Gasteiger partial charge in [0.1, 0.15) is 0 Å². The maximum Gasteiger partial charge on any atom is 0.320 e. The van der Waals surface area contributed by atoms with Crippen molar-refractivity contribution in [3.8, 4) is 0 Å². The molecule has 0 atom stereocenters. The van der Waals surface area contributed by atoms with Crippen molar-refractivity contribution < 1.29 is 27.9 Å². The van der Waals surface area contributed by atoms with Crippen molar-refractivity contribution in [3.63, 3.8) is 0 Å². The van der Waals surface area contributed by atoms with E-state index in [4.69, 9.17) is 4.74 Å². The molecule has 0 spiro atoms. The zero-order valence-electron chi connectivity index (χ0n) is 23.0. The van der Waals surface area contributed by atoms with Crippen LogP contribution in [0.4, 0.5) is 25.0 Å². The first-order valence-corrected chi connectivity index (χ1v) is 14.2. The molecule has 0 aliphatic carbocycles. The number of nitrogens with one attached hydrogen (secondary N) is 2. The van der Waals surface area contributed by atoms with Crippen LogP contribution in [0, 0.1) is 11.6 Å². The second-order valence-electron chi connectivity index (χ2n) is 10.4. The maximum absolute atomic E-state index is 13.9. The molecule has 41 heavy (non-hydrogen) atoms. The Labute approximate surface area is 238 Å². The zero-order chi connectivity index (χ0) is 28.8. The van der Waals surface area contributed by atoms with Crippen LogP contribution < -0.4 is 15.5 Å². The number of carbonyl (C=O) groups is 3. The minimum atomic E-state index is -1.12. The van der Waals surface area contributed by atoms with Crippen molar-refractivity contribution >= 4 is 29.2 Å². The van der Waals surface area contributed by atoms with Gasteiger partial charge < -0.3 is 35.0 Å². The van der Waals surface area contributed by atoms with Crippen molar-refractivity contribution in [1.82, 2.24) is 20.0 Å². The molecule has 3 saturated heterocycles. The van der Waals surface area contributed by atoms with E-state index in [0.29, 0.717) is 95.5 Å². The summed E-state index contributed by atoms with van der Waals surface area (Å²) in [5.41, 5.74) is 1.47. The predicted octanol–water partition coefficient (Wildman–Crippen LogP) is 2.62. The average molecular weight is 571 g/mol. The van der Waals surface area contributed by atoms with Gasteiger partial charge in [-0.1, -0.05) is 0 Å². The van der Waals surface area contributed by atoms with Gasteiger partial charge in [0.2, 0.25) is 0 Å². The Bertz CT molecular complexity index is 1260. The first-order valence-electron chi connectivity index (χ1n) is 14.2. The minimum absolute atomic E-state index is 0.00472. The van der Waals surface area contributed by atoms with E-state index in [1.165, 1.54) is 6.07 Å². The lowest BCUT2D eigenvalue weighted by molar-refractivity contribution is 0.0438. The molecule has 4 amide bonds. The van der Waals surface area contributed by atoms with Crippen LogP contribution in [0.15, 0.2) is 36.4 Å². The quantitative estimate of drug-likeness (QED) is 0.587. The van der Waals surface area contributed by atoms with E-state index < -0.39 is 17.5 Å². The highest BCUT2D eigenvalue weighted by molar-refractivity contribution is 6.07. The minimum Gasteiger partial charge on any atom is -0.378 e. The second kappa shape index (κ2) is 13.3. The highest BCUT2D eigenvalue weighted by Gasteiger charge is 2.27. The highest BCUT2D eigenvalue weighted by Crippen LogP contribution is 2.30. The molecule has 10 nitrogen and oxygen atoms in total. The van der Waals surface area contributed by atoms with Gasteiger partial charge in [0, 0.05) is 70.0 Å². The summed E-state index contributed by atoms with van der Waals surface area (Å²) in [7, 11) is 0. The van der Waals surface area contributed by atoms with E-state index in [1.54, 1.807) is 17.0 Å². The van der Waals surface area contributed by atoms with Gasteiger partial charge in [-0.2, -0.15) is 0 Å². The number of halogens is 2. The van der Waals surface area contributed by atoms with Gasteiger partial charge in [-0.25, -0.2) is 13.6 Å². The summed E-state index contributed by atoms with van der Waals surface area (Å²) in [5, 5.41) is 6.12. The molecule has 3 aliphatic heterocycles. The Balaban J connectivity index is 1.38. The van der Waals surface area contributed by atoms with Crippen LogP contribution in [0.3, 0.4) is 0 Å². The summed E-state index contributed by atoms with van der Waals surface area (Å²) in [5.74, 6) is -2.91. The molecular formula is C29H36F2N6O4. The molecule has 5 rings (SSSR count). The molecule has 0 unspecified atom stereocenters. The fraction of sp³-hybridized carbons (Fsp3) is 0.483. The molecule has 3 aliphatic rings. The molecule has 2 N–H and O–H groups in total. The fourth-order valence-electron chi connectivity index (χ4n) is 5.41. The summed E-state index contributed by atoms with van der Waals surface area (Å²) in [6.45, 7) is 7.22. The third-order valence-electron chi connectivity index (χ3n) is 7.69. The standard InChI is InChI=1S/C29H36F2N6O4/c30-23-5-3-21(19-24(23)31)27(38)33-25-20-22(28(39)35-9-1-7-32-8-12-35)4-6-26(25)34-10-2-11-36(14-13-34)29(40)37-15-17-41-18-16-37/h3-6,19-20,32H,1-2,7-18H2,(H,33,38). The van der Waals surface area contributed by atoms with E-state index in [1.807, 2.05) is 15.9 Å². The summed E-state index contributed by atoms with van der Waals surface area (Å²) in [6.07, 6.45) is 1.56. The Morgan fingerprint density at radius 2 is 1.49 bits per heavy atom. The zero-order valence-corrected chi connectivity index (χ0v) is 23.0. The summed E-state index contributed by atoms with van der Waals surface area (Å²) in [4.78, 5) is 47.1. The van der Waals surface area contributed by atoms with E-state index in [-0.39, 0.29) is 17.5 Å². The summed E-state index contributed by atoms with van der Waals surface area (Å²) in [6, 6.07) is 8.19. The number of urea groups is 1. The van der Waals surface area contributed by atoms with Gasteiger partial charge in [-0.15, -0.1) is 0 Å². The van der Waals surface area contributed by atoms with Crippen LogP contribution in [0.1, 0.15) is 33.6 Å². The first-order chi connectivity index (χ1) is 19.9. The number of morpholine rings is 1. The smallest absolute Gasteiger partial charge is 0.320 e. The van der Waals surface area contributed by atoms with E-state index >= 15 is 0 Å². The molecule has 0 aromatic heterocycles. The van der Waals surface area contributed by atoms with Crippen LogP contribution >= 0.6 is 0 Å². The second-order valence-corrected chi connectivity index (χ2v) is 10.4. The monoisotopic (exact) mass is 570 g/mol. The van der Waals surface area contributed by atoms with Crippen LogP contribution in [-0.4, -0.2) is 111 Å². The van der Waals surface area contributed by atoms with Gasteiger partial charge >= 0.3 is 6.03 Å². The SMILES string of the molecule is O=C(Nc1cc(C(=O)N2CCCNCC2)ccc1N1CCCN(C(=O)N2CCOCC2)CC1)c1ccc(F)c(F)c1. The Morgan fingerprint density at radius 3 is 2.29 bits per heavy atom. The van der Waals surface area contributed by atoms with Gasteiger partial charge in [0.05, 0.1) is 24.6 Å². The van der Waals surface area contributed by atoms with Crippen LogP contribution in [0.2, 0.25) is 0 Å². The lowest BCUT2D eigenvalue weighted by atomic mass is 10.1. The van der Waals surface area contributed by atoms with Crippen molar-refractivity contribution in [2.24, 2.45) is 0 Å². The molecule has 2 aromatic rings. The number of anilines is 2. The van der Waals surface area contributed by atoms with Gasteiger partial charge in [0.25, 0.3) is 11.8 Å². The Kier molecular flexibility index (Phi) is 9.30. The average Bonchev–Trinajstić information content (AvgIpc) is 3.42. The van der Waals surface area contributed by atoms with Gasteiger partial charge in [-0.3, -0.25) is 9.59 Å². The third kappa shape index (κ3) is 6.94. The number of amides is 4. The number of benzene rings is 2. The summed E-state index contributed by atoms with van der Waals surface area (Å²) >= 11 is 0. The molecule has 3 fully saturated rings. The Morgan fingerprint density at radius 1 is 0.732 bits per heavy atom. The van der Waals surface area contributed by atoms with Crippen LogP contribution in [-0.2, 0) is 4.74 Å². The topological polar surface area (TPSA) is 97.5 Å². The molecule has 2 aromatic carbocycles. The van der Waals surface area contributed by atoms with Crippen molar-refractivity contribution in [1.29, 1.82) is 0 Å². The number of hydrogen-bond donors (Lipinski definition) is 2. The number of nitrogens with zero attached hydrogens (tertiary/aromatic N) is 4. The van der Waals surface area contributed by atoms with Crippen molar-refractivity contribution in [2.75, 3.05) is 88.9 Å². The van der Waals surface area contributed by atoms with E-state index in [9.17, 15) is 23.2 Å². The number of ether oxygens (including phenoxy) is 1. The number of hydrogen-bond acceptors (Lipinski definition) is 6. The highest BCUT2D eigenvalue weighted by atomic mass is 19.2. The molecular weight excluding hydrogens is 534 g/mol. The number of carbonyl (C=O) groups excluding carboxylic acids is 3. The number of rotatable bonds is 4. The van der Waals surface area contributed by atoms with Crippen LogP contribution in [0.25, 0.3) is 0 Å². The van der Waals surface area contributed by atoms with Crippen LogP contribution in [0.5, 0.6) is 0 Å². The summed E-state index contributed by atoms with van der Waals surface area (Å²) < 4.78 is 32.7. The van der Waals surface area contributed by atoms with Crippen molar-refractivity contribution in [3.05, 3.63) is 59.2 Å². The van der Waals surface area contributed by atoms with Crippen molar-refractivity contribution in [2.45, 2.75) is 12.8 Å². The fourth-order valence-corrected chi connectivity index (χ4v) is 5.41. The van der Waals surface area contributed by atoms with E-state index in [2.05, 4.69) is 15.5 Å². The maximum atomic E-state index is 13.9. The molecule has 0 saturated carbocycles. The molecule has 220 valence electrons. The largest absolute Gasteiger partial charge is 0.378 e. The molecule has 0 bridgehead atoms. The molecule has 12 heteroatoms. The first kappa shape index (κ1) is 28.7. The predicted molar refractivity (Wildman–Crippen MR) is 150 cm³/mol. The molecule has 0 radical (unpaired) electrons. The third-order valence-corrected chi connectivity index (χ3v) is 7.69. The normalized spacial score (nSPS) is 18.5. The van der Waals surface area contributed by atoms with Gasteiger partial charge in [0.15, 0.2) is 11.6 Å². The van der Waals surface area contributed by atoms with E-state index in [0.717, 1.165) is 25.1 Å².